The molecule has 0 saturated carbocycles. The van der Waals surface area contributed by atoms with E-state index in [0.717, 1.165) is 45.8 Å². The largest absolute Gasteiger partial charge is 0.290 e. The third-order valence-electron chi connectivity index (χ3n) is 7.94. The summed E-state index contributed by atoms with van der Waals surface area (Å²) in [6.45, 7) is 0. The van der Waals surface area contributed by atoms with Crippen LogP contribution in [0.4, 0.5) is 0 Å². The van der Waals surface area contributed by atoms with Gasteiger partial charge in [0.1, 0.15) is 5.65 Å². The second-order valence-electron chi connectivity index (χ2n) is 9.70. The standard InChI is InChI=1S/C31H18N4/c1-2-5-20-17(4-1)12-18-13-25-19(14-24(18)20)15-26-21(25)7-8-27-30(26)35-28-16-32-11-9-22(28)29-23(31(35)34-27)6-3-10-33-29/h1-11,13-14,16H,12,15H2. The molecule has 4 heterocycles. The van der Waals surface area contributed by atoms with Gasteiger partial charge in [0.05, 0.1) is 28.3 Å². The molecule has 0 aliphatic heterocycles. The van der Waals surface area contributed by atoms with Crippen molar-refractivity contribution in [1.29, 1.82) is 0 Å². The Hall–Kier alpha value is -4.57. The van der Waals surface area contributed by atoms with Gasteiger partial charge in [0.2, 0.25) is 0 Å². The van der Waals surface area contributed by atoms with Crippen LogP contribution in [0.25, 0.3) is 60.7 Å². The van der Waals surface area contributed by atoms with Gasteiger partial charge in [-0.2, -0.15) is 0 Å². The highest BCUT2D eigenvalue weighted by atomic mass is 15.0. The molecule has 4 nitrogen and oxygen atoms in total. The van der Waals surface area contributed by atoms with Crippen molar-refractivity contribution in [3.8, 4) is 22.3 Å². The van der Waals surface area contributed by atoms with Gasteiger partial charge in [-0.05, 0) is 87.3 Å². The number of rotatable bonds is 0. The van der Waals surface area contributed by atoms with Crippen molar-refractivity contribution in [3.63, 3.8) is 0 Å². The van der Waals surface area contributed by atoms with Crippen LogP contribution in [-0.4, -0.2) is 19.4 Å². The fraction of sp³-hybridized carbons (Fsp3) is 0.0645. The van der Waals surface area contributed by atoms with Crippen LogP contribution in [0, 0.1) is 0 Å². The van der Waals surface area contributed by atoms with Gasteiger partial charge in [-0.15, -0.1) is 0 Å². The highest BCUT2D eigenvalue weighted by Gasteiger charge is 2.28. The lowest BCUT2D eigenvalue weighted by molar-refractivity contribution is 1.22. The fourth-order valence-corrected chi connectivity index (χ4v) is 6.46. The maximum Gasteiger partial charge on any atom is 0.148 e. The van der Waals surface area contributed by atoms with E-state index in [1.54, 1.807) is 0 Å². The predicted molar refractivity (Wildman–Crippen MR) is 140 cm³/mol. The van der Waals surface area contributed by atoms with E-state index in [2.05, 4.69) is 70.0 Å². The lowest BCUT2D eigenvalue weighted by atomic mass is 9.98. The molecule has 0 atom stereocenters. The Kier molecular flexibility index (Phi) is 3.11. The van der Waals surface area contributed by atoms with E-state index in [4.69, 9.17) is 9.97 Å². The summed E-state index contributed by atoms with van der Waals surface area (Å²) in [4.78, 5) is 14.3. The molecule has 0 N–H and O–H groups in total. The van der Waals surface area contributed by atoms with Crippen molar-refractivity contribution in [2.45, 2.75) is 12.8 Å². The number of fused-ring (bicyclic) bond motifs is 15. The zero-order valence-corrected chi connectivity index (χ0v) is 18.8. The van der Waals surface area contributed by atoms with Crippen molar-refractivity contribution in [3.05, 3.63) is 108 Å². The number of hydrogen-bond acceptors (Lipinski definition) is 3. The van der Waals surface area contributed by atoms with E-state index in [-0.39, 0.29) is 0 Å². The number of benzene rings is 3. The Morgan fingerprint density at radius 2 is 1.57 bits per heavy atom. The summed E-state index contributed by atoms with van der Waals surface area (Å²) >= 11 is 0. The summed E-state index contributed by atoms with van der Waals surface area (Å²) in [6.07, 6.45) is 7.58. The molecule has 9 rings (SSSR count). The van der Waals surface area contributed by atoms with E-state index in [1.807, 2.05) is 24.7 Å². The Balaban J connectivity index is 1.38. The first-order valence-corrected chi connectivity index (χ1v) is 12.0. The second-order valence-corrected chi connectivity index (χ2v) is 9.70. The van der Waals surface area contributed by atoms with Gasteiger partial charge < -0.3 is 0 Å². The van der Waals surface area contributed by atoms with E-state index >= 15 is 0 Å². The van der Waals surface area contributed by atoms with Crippen molar-refractivity contribution in [2.24, 2.45) is 0 Å². The van der Waals surface area contributed by atoms with E-state index in [9.17, 15) is 0 Å². The van der Waals surface area contributed by atoms with Crippen LogP contribution in [0.2, 0.25) is 0 Å². The van der Waals surface area contributed by atoms with E-state index in [1.165, 1.54) is 50.0 Å². The zero-order valence-electron chi connectivity index (χ0n) is 18.8. The molecule has 0 spiro atoms. The molecular formula is C31H18N4. The smallest absolute Gasteiger partial charge is 0.148 e. The molecule has 2 aliphatic carbocycles. The molecule has 4 aromatic heterocycles. The normalized spacial score (nSPS) is 13.5. The fourth-order valence-electron chi connectivity index (χ4n) is 6.46. The third kappa shape index (κ3) is 2.15. The van der Waals surface area contributed by atoms with Gasteiger partial charge in [-0.3, -0.25) is 14.4 Å². The maximum atomic E-state index is 5.12. The third-order valence-corrected chi connectivity index (χ3v) is 7.94. The molecule has 2 aliphatic rings. The first-order valence-electron chi connectivity index (χ1n) is 12.0. The topological polar surface area (TPSA) is 43.1 Å². The maximum absolute atomic E-state index is 5.12. The van der Waals surface area contributed by atoms with Crippen molar-refractivity contribution in [1.82, 2.24) is 19.4 Å². The molecular weight excluding hydrogens is 428 g/mol. The Bertz CT molecular complexity index is 2070. The summed E-state index contributed by atoms with van der Waals surface area (Å²) < 4.78 is 2.31. The first-order chi connectivity index (χ1) is 17.3. The monoisotopic (exact) mass is 446 g/mol. The second kappa shape index (κ2) is 6.10. The van der Waals surface area contributed by atoms with E-state index in [0.29, 0.717) is 0 Å². The van der Waals surface area contributed by atoms with Gasteiger partial charge in [0, 0.05) is 29.6 Å². The van der Waals surface area contributed by atoms with E-state index < -0.39 is 0 Å². The summed E-state index contributed by atoms with van der Waals surface area (Å²) in [5.74, 6) is 0. The lowest BCUT2D eigenvalue weighted by Gasteiger charge is -2.09. The quantitative estimate of drug-likeness (QED) is 0.243. The highest BCUT2D eigenvalue weighted by Crippen LogP contribution is 2.46. The first kappa shape index (κ1) is 17.8. The molecule has 0 radical (unpaired) electrons. The molecule has 0 amide bonds. The van der Waals surface area contributed by atoms with Crippen LogP contribution in [0.5, 0.6) is 0 Å². The number of imidazole rings is 1. The van der Waals surface area contributed by atoms with Crippen LogP contribution in [0.3, 0.4) is 0 Å². The minimum atomic E-state index is 0.915. The minimum Gasteiger partial charge on any atom is -0.290 e. The van der Waals surface area contributed by atoms with Crippen LogP contribution < -0.4 is 0 Å². The summed E-state index contributed by atoms with van der Waals surface area (Å²) in [5.41, 5.74) is 16.3. The average molecular weight is 447 g/mol. The van der Waals surface area contributed by atoms with Crippen molar-refractivity contribution < 1.29 is 0 Å². The molecule has 35 heavy (non-hydrogen) atoms. The number of aromatic nitrogens is 4. The van der Waals surface area contributed by atoms with Crippen LogP contribution in [-0.2, 0) is 12.8 Å². The SMILES string of the molecule is c1ccc2c(c1)Cc1cc3c(cc1-2)Cc1c-3ccc2nc3c4cccnc4c4ccncc4n3c12. The van der Waals surface area contributed by atoms with Gasteiger partial charge >= 0.3 is 0 Å². The lowest BCUT2D eigenvalue weighted by Crippen LogP contribution is -1.95. The zero-order chi connectivity index (χ0) is 22.7. The molecule has 0 bridgehead atoms. The Labute approximate surface area is 200 Å². The van der Waals surface area contributed by atoms with Crippen molar-refractivity contribution >= 4 is 38.5 Å². The molecule has 162 valence electrons. The molecule has 0 unspecified atom stereocenters. The molecule has 7 aromatic rings. The molecule has 0 saturated heterocycles. The predicted octanol–water partition coefficient (Wildman–Crippen LogP) is 6.73. The molecule has 3 aromatic carbocycles. The van der Waals surface area contributed by atoms with Crippen LogP contribution in [0.1, 0.15) is 22.3 Å². The van der Waals surface area contributed by atoms with Crippen molar-refractivity contribution in [2.75, 3.05) is 0 Å². The van der Waals surface area contributed by atoms with Gasteiger partial charge in [-0.1, -0.05) is 30.3 Å². The van der Waals surface area contributed by atoms with Gasteiger partial charge in [-0.25, -0.2) is 4.98 Å². The number of nitrogens with zero attached hydrogens (tertiary/aromatic N) is 4. The Morgan fingerprint density at radius 1 is 0.686 bits per heavy atom. The highest BCUT2D eigenvalue weighted by molar-refractivity contribution is 6.12. The van der Waals surface area contributed by atoms with Gasteiger partial charge in [0.25, 0.3) is 0 Å². The van der Waals surface area contributed by atoms with Gasteiger partial charge in [0.15, 0.2) is 0 Å². The average Bonchev–Trinajstić information content (AvgIpc) is 3.58. The van der Waals surface area contributed by atoms with Crippen LogP contribution in [0.15, 0.2) is 85.3 Å². The summed E-state index contributed by atoms with van der Waals surface area (Å²) in [7, 11) is 0. The van der Waals surface area contributed by atoms with Crippen LogP contribution >= 0.6 is 0 Å². The summed E-state index contributed by atoms with van der Waals surface area (Å²) in [6, 6.07) is 24.3. The number of hydrogen-bond donors (Lipinski definition) is 0. The number of pyridine rings is 3. The Morgan fingerprint density at radius 3 is 2.54 bits per heavy atom. The molecule has 4 heteroatoms. The molecule has 0 fully saturated rings. The summed E-state index contributed by atoms with van der Waals surface area (Å²) in [5, 5.41) is 2.17. The minimum absolute atomic E-state index is 0.915.